The van der Waals surface area contributed by atoms with E-state index in [0.717, 1.165) is 61.3 Å². The second kappa shape index (κ2) is 7.73. The molecule has 3 heterocycles. The van der Waals surface area contributed by atoms with Crippen LogP contribution in [0.2, 0.25) is 0 Å². The summed E-state index contributed by atoms with van der Waals surface area (Å²) in [5, 5.41) is 16.9. The van der Waals surface area contributed by atoms with Gasteiger partial charge in [-0.15, -0.1) is 5.10 Å². The maximum Gasteiger partial charge on any atom is 0.267 e. The van der Waals surface area contributed by atoms with E-state index in [-0.39, 0.29) is 11.6 Å². The van der Waals surface area contributed by atoms with Crippen molar-refractivity contribution in [3.63, 3.8) is 0 Å². The van der Waals surface area contributed by atoms with E-state index in [4.69, 9.17) is 0 Å². The van der Waals surface area contributed by atoms with Gasteiger partial charge in [-0.25, -0.2) is 4.68 Å². The highest BCUT2D eigenvalue weighted by atomic mass is 16.1. The monoisotopic (exact) mass is 388 g/mol. The van der Waals surface area contributed by atoms with Gasteiger partial charge < -0.3 is 5.32 Å². The molecule has 7 heteroatoms. The van der Waals surface area contributed by atoms with Crippen LogP contribution in [0.3, 0.4) is 0 Å². The Morgan fingerprint density at radius 1 is 1.03 bits per heavy atom. The third-order valence-corrected chi connectivity index (χ3v) is 6.00. The zero-order valence-corrected chi connectivity index (χ0v) is 16.3. The lowest BCUT2D eigenvalue weighted by atomic mass is 9.91. The van der Waals surface area contributed by atoms with Gasteiger partial charge in [0.05, 0.1) is 17.4 Å². The number of nitrogens with zero attached hydrogens (tertiary/aromatic N) is 5. The lowest BCUT2D eigenvalue weighted by Gasteiger charge is -2.30. The average Bonchev–Trinajstić information content (AvgIpc) is 3.23. The van der Waals surface area contributed by atoms with Crippen LogP contribution < -0.4 is 10.9 Å². The van der Waals surface area contributed by atoms with Crippen molar-refractivity contribution in [3.8, 4) is 11.3 Å². The number of hydrogen-bond acceptors (Lipinski definition) is 6. The summed E-state index contributed by atoms with van der Waals surface area (Å²) in [7, 11) is 0. The van der Waals surface area contributed by atoms with E-state index in [9.17, 15) is 4.79 Å². The van der Waals surface area contributed by atoms with Crippen molar-refractivity contribution >= 4 is 5.82 Å². The molecule has 1 fully saturated rings. The van der Waals surface area contributed by atoms with E-state index in [1.165, 1.54) is 12.0 Å². The van der Waals surface area contributed by atoms with Crippen molar-refractivity contribution in [2.24, 2.45) is 0 Å². The number of aryl methyl sites for hydroxylation is 2. The van der Waals surface area contributed by atoms with Crippen LogP contribution in [0.15, 0.2) is 47.5 Å². The zero-order chi connectivity index (χ0) is 19.6. The molecule has 0 aliphatic heterocycles. The summed E-state index contributed by atoms with van der Waals surface area (Å²) in [4.78, 5) is 16.6. The second-order valence-corrected chi connectivity index (χ2v) is 7.95. The molecular weight excluding hydrogens is 364 g/mol. The largest absolute Gasteiger partial charge is 0.366 e. The third kappa shape index (κ3) is 3.77. The van der Waals surface area contributed by atoms with Crippen molar-refractivity contribution < 1.29 is 0 Å². The first-order chi connectivity index (χ1) is 14.3. The molecule has 3 aromatic rings. The summed E-state index contributed by atoms with van der Waals surface area (Å²) in [5.74, 6) is 0.878. The van der Waals surface area contributed by atoms with Crippen LogP contribution in [0.25, 0.3) is 11.3 Å². The Kier molecular flexibility index (Phi) is 4.79. The molecule has 7 nitrogen and oxygen atoms in total. The zero-order valence-electron chi connectivity index (χ0n) is 16.3. The van der Waals surface area contributed by atoms with Crippen LogP contribution in [0, 0.1) is 0 Å². The maximum atomic E-state index is 12.4. The predicted molar refractivity (Wildman–Crippen MR) is 111 cm³/mol. The molecule has 5 rings (SSSR count). The van der Waals surface area contributed by atoms with Crippen LogP contribution in [0.4, 0.5) is 5.82 Å². The molecule has 0 aromatic carbocycles. The third-order valence-electron chi connectivity index (χ3n) is 6.00. The predicted octanol–water partition coefficient (Wildman–Crippen LogP) is 3.18. The molecule has 0 bridgehead atoms. The molecule has 1 N–H and O–H groups in total. The Labute approximate surface area is 169 Å². The van der Waals surface area contributed by atoms with Crippen LogP contribution in [-0.2, 0) is 12.8 Å². The topological polar surface area (TPSA) is 85.6 Å². The van der Waals surface area contributed by atoms with Gasteiger partial charge in [0.2, 0.25) is 0 Å². The van der Waals surface area contributed by atoms with Gasteiger partial charge in [-0.3, -0.25) is 9.78 Å². The summed E-state index contributed by atoms with van der Waals surface area (Å²) in [6, 6.07) is 9.87. The minimum Gasteiger partial charge on any atom is -0.366 e. The number of nitrogens with one attached hydrogen (secondary N) is 1. The molecule has 2 aliphatic carbocycles. The molecule has 2 aliphatic rings. The molecule has 29 heavy (non-hydrogen) atoms. The minimum atomic E-state index is -0.0430. The van der Waals surface area contributed by atoms with Crippen molar-refractivity contribution in [1.29, 1.82) is 0 Å². The van der Waals surface area contributed by atoms with Crippen molar-refractivity contribution in [2.45, 2.75) is 57.0 Å². The lowest BCUT2D eigenvalue weighted by molar-refractivity contribution is 0.304. The van der Waals surface area contributed by atoms with E-state index in [2.05, 4.69) is 31.7 Å². The van der Waals surface area contributed by atoms with Crippen molar-refractivity contribution in [2.75, 3.05) is 5.32 Å². The van der Waals surface area contributed by atoms with E-state index in [1.807, 2.05) is 12.1 Å². The van der Waals surface area contributed by atoms with Crippen LogP contribution in [0.5, 0.6) is 0 Å². The number of hydrogen-bond donors (Lipinski definition) is 1. The molecule has 0 saturated heterocycles. The Hall–Kier alpha value is -3.09. The Balaban J connectivity index is 1.26. The highest BCUT2D eigenvalue weighted by Gasteiger charge is 2.25. The summed E-state index contributed by atoms with van der Waals surface area (Å²) in [6.07, 6.45) is 10.6. The first-order valence-corrected chi connectivity index (χ1v) is 10.4. The first-order valence-electron chi connectivity index (χ1n) is 10.4. The fourth-order valence-corrected chi connectivity index (χ4v) is 4.43. The number of aromatic nitrogens is 5. The Morgan fingerprint density at radius 3 is 2.76 bits per heavy atom. The Bertz CT molecular complexity index is 1060. The highest BCUT2D eigenvalue weighted by Crippen LogP contribution is 2.30. The van der Waals surface area contributed by atoms with Crippen LogP contribution >= 0.6 is 0 Å². The molecule has 1 saturated carbocycles. The SMILES string of the molecule is O=c1ccc(-c2cccnc2)nn1C1CCC(Nc2cc3c(nn2)CCC3)CC1. The fraction of sp³-hybridized carbons (Fsp3) is 0.409. The standard InChI is InChI=1S/C22H24N6O/c29-22-11-10-20(16-4-2-12-23-14-16)27-28(22)18-8-6-17(7-9-18)24-21-13-15-3-1-5-19(15)25-26-21/h2,4,10-14,17-18H,1,3,5-9H2,(H,24,26). The normalized spacial score (nSPS) is 21.0. The summed E-state index contributed by atoms with van der Waals surface area (Å²) < 4.78 is 1.66. The van der Waals surface area contributed by atoms with E-state index >= 15 is 0 Å². The first kappa shape index (κ1) is 18.0. The lowest BCUT2D eigenvalue weighted by Crippen LogP contribution is -2.33. The van der Waals surface area contributed by atoms with Crippen molar-refractivity contribution in [1.82, 2.24) is 25.0 Å². The minimum absolute atomic E-state index is 0.0430. The van der Waals surface area contributed by atoms with E-state index in [0.29, 0.717) is 6.04 Å². The molecule has 148 valence electrons. The smallest absolute Gasteiger partial charge is 0.267 e. The summed E-state index contributed by atoms with van der Waals surface area (Å²) in [5.41, 5.74) is 4.15. The molecular formula is C22H24N6O. The highest BCUT2D eigenvalue weighted by molar-refractivity contribution is 5.56. The van der Waals surface area contributed by atoms with Gasteiger partial charge in [0.25, 0.3) is 5.56 Å². The number of fused-ring (bicyclic) bond motifs is 1. The molecule has 3 aromatic heterocycles. The molecule has 0 radical (unpaired) electrons. The number of anilines is 1. The van der Waals surface area contributed by atoms with Crippen LogP contribution in [-0.4, -0.2) is 31.0 Å². The molecule has 0 unspecified atom stereocenters. The fourth-order valence-electron chi connectivity index (χ4n) is 4.43. The van der Waals surface area contributed by atoms with Gasteiger partial charge in [0, 0.05) is 30.1 Å². The average molecular weight is 388 g/mol. The quantitative estimate of drug-likeness (QED) is 0.739. The Morgan fingerprint density at radius 2 is 1.93 bits per heavy atom. The molecule has 0 spiro atoms. The molecule has 0 amide bonds. The van der Waals surface area contributed by atoms with Gasteiger partial charge in [-0.2, -0.15) is 10.2 Å². The number of rotatable bonds is 4. The van der Waals surface area contributed by atoms with Crippen LogP contribution in [0.1, 0.15) is 49.4 Å². The number of pyridine rings is 1. The van der Waals surface area contributed by atoms with Gasteiger partial charge in [0.1, 0.15) is 5.82 Å². The van der Waals surface area contributed by atoms with Crippen molar-refractivity contribution in [3.05, 3.63) is 64.3 Å². The van der Waals surface area contributed by atoms with Gasteiger partial charge in [-0.1, -0.05) is 0 Å². The van der Waals surface area contributed by atoms with Gasteiger partial charge in [-0.05, 0) is 74.8 Å². The summed E-state index contributed by atoms with van der Waals surface area (Å²) in [6.45, 7) is 0. The van der Waals surface area contributed by atoms with Gasteiger partial charge in [0.15, 0.2) is 0 Å². The summed E-state index contributed by atoms with van der Waals surface area (Å²) >= 11 is 0. The van der Waals surface area contributed by atoms with E-state index < -0.39 is 0 Å². The second-order valence-electron chi connectivity index (χ2n) is 7.95. The van der Waals surface area contributed by atoms with E-state index in [1.54, 1.807) is 29.2 Å². The maximum absolute atomic E-state index is 12.4. The molecule has 0 atom stereocenters. The van der Waals surface area contributed by atoms with Gasteiger partial charge >= 0.3 is 0 Å².